The first-order valence-electron chi connectivity index (χ1n) is 5.23. The monoisotopic (exact) mass is 276 g/mol. The zero-order valence-electron chi connectivity index (χ0n) is 9.76. The Morgan fingerprint density at radius 2 is 2.18 bits per heavy atom. The summed E-state index contributed by atoms with van der Waals surface area (Å²) in [5.41, 5.74) is 0. The molecule has 3 N–H and O–H groups in total. The third-order valence-electron chi connectivity index (χ3n) is 2.41. The number of carbonyl (C=O) groups excluding carboxylic acids is 1. The smallest absolute Gasteiger partial charge is 0.247 e. The highest BCUT2D eigenvalue weighted by molar-refractivity contribution is 7.91. The maximum atomic E-state index is 11.5. The maximum Gasteiger partial charge on any atom is 0.247 e. The number of carbonyl (C=O) groups is 1. The largest absolute Gasteiger partial charge is 0.351 e. The Morgan fingerprint density at radius 3 is 2.65 bits per heavy atom. The molecule has 1 heterocycles. The van der Waals surface area contributed by atoms with Crippen molar-refractivity contribution in [3.8, 4) is 0 Å². The average Bonchev–Trinajstić information content (AvgIpc) is 2.72. The Bertz CT molecular complexity index is 493. The van der Waals surface area contributed by atoms with Crippen LogP contribution in [0.2, 0.25) is 0 Å². The van der Waals surface area contributed by atoms with Gasteiger partial charge < -0.3 is 5.32 Å². The Hall–Kier alpha value is -0.920. The van der Waals surface area contributed by atoms with Crippen LogP contribution in [0.25, 0.3) is 0 Å². The summed E-state index contributed by atoms with van der Waals surface area (Å²) >= 11 is 1.07. The van der Waals surface area contributed by atoms with E-state index in [1.165, 1.54) is 6.07 Å². The molecule has 1 atom stereocenters. The van der Waals surface area contributed by atoms with Crippen LogP contribution in [0.4, 0.5) is 0 Å². The van der Waals surface area contributed by atoms with Crippen molar-refractivity contribution in [2.24, 2.45) is 11.1 Å². The molecule has 17 heavy (non-hydrogen) atoms. The van der Waals surface area contributed by atoms with Gasteiger partial charge in [-0.1, -0.05) is 13.8 Å². The van der Waals surface area contributed by atoms with Gasteiger partial charge in [0.25, 0.3) is 0 Å². The molecule has 0 bridgehead atoms. The summed E-state index contributed by atoms with van der Waals surface area (Å²) in [6, 6.07) is 3.10. The number of primary sulfonamides is 1. The van der Waals surface area contributed by atoms with Gasteiger partial charge in [0.1, 0.15) is 4.21 Å². The van der Waals surface area contributed by atoms with Crippen molar-refractivity contribution in [3.05, 3.63) is 17.0 Å². The van der Waals surface area contributed by atoms with E-state index in [1.54, 1.807) is 6.07 Å². The quantitative estimate of drug-likeness (QED) is 0.842. The molecule has 0 aliphatic carbocycles. The van der Waals surface area contributed by atoms with Crippen LogP contribution in [0.3, 0.4) is 0 Å². The minimum atomic E-state index is -3.64. The van der Waals surface area contributed by atoms with Crippen molar-refractivity contribution in [3.63, 3.8) is 0 Å². The number of hydrogen-bond acceptors (Lipinski definition) is 4. The van der Waals surface area contributed by atoms with Gasteiger partial charge in [0.05, 0.1) is 6.54 Å². The standard InChI is InChI=1S/C10H16N2O3S2/c1-3-7(2)10(13)12-6-8-4-5-9(16-8)17(11,14)15/h4-5,7H,3,6H2,1-2H3,(H,12,13)(H2,11,14,15). The number of amides is 1. The predicted octanol–water partition coefficient (Wildman–Crippen LogP) is 1.06. The van der Waals surface area contributed by atoms with Crippen LogP contribution in [-0.4, -0.2) is 14.3 Å². The normalized spacial score (nSPS) is 13.4. The van der Waals surface area contributed by atoms with E-state index in [0.717, 1.165) is 22.6 Å². The molecule has 0 saturated heterocycles. The summed E-state index contributed by atoms with van der Waals surface area (Å²) in [5.74, 6) is -0.0641. The van der Waals surface area contributed by atoms with Crippen molar-refractivity contribution in [1.82, 2.24) is 5.32 Å². The van der Waals surface area contributed by atoms with E-state index < -0.39 is 10.0 Å². The van der Waals surface area contributed by atoms with Crippen molar-refractivity contribution < 1.29 is 13.2 Å². The van der Waals surface area contributed by atoms with Crippen molar-refractivity contribution in [1.29, 1.82) is 0 Å². The van der Waals surface area contributed by atoms with Crippen LogP contribution >= 0.6 is 11.3 Å². The lowest BCUT2D eigenvalue weighted by atomic mass is 10.1. The molecule has 7 heteroatoms. The highest BCUT2D eigenvalue weighted by Crippen LogP contribution is 2.20. The lowest BCUT2D eigenvalue weighted by molar-refractivity contribution is -0.124. The van der Waals surface area contributed by atoms with Crippen molar-refractivity contribution in [2.75, 3.05) is 0 Å². The van der Waals surface area contributed by atoms with Crippen molar-refractivity contribution in [2.45, 2.75) is 31.0 Å². The van der Waals surface area contributed by atoms with Gasteiger partial charge >= 0.3 is 0 Å². The van der Waals surface area contributed by atoms with Gasteiger partial charge in [-0.05, 0) is 18.6 Å². The topological polar surface area (TPSA) is 89.3 Å². The molecule has 1 aromatic rings. The molecule has 5 nitrogen and oxygen atoms in total. The summed E-state index contributed by atoms with van der Waals surface area (Å²) < 4.78 is 22.2. The fourth-order valence-electron chi connectivity index (χ4n) is 1.14. The van der Waals surface area contributed by atoms with E-state index in [-0.39, 0.29) is 16.0 Å². The number of hydrogen-bond donors (Lipinski definition) is 2. The minimum absolute atomic E-state index is 0.0296. The SMILES string of the molecule is CCC(C)C(=O)NCc1ccc(S(N)(=O)=O)s1. The summed E-state index contributed by atoms with van der Waals surface area (Å²) in [5, 5.41) is 7.74. The second-order valence-corrected chi connectivity index (χ2v) is 6.75. The maximum absolute atomic E-state index is 11.5. The van der Waals surface area contributed by atoms with Crippen molar-refractivity contribution >= 4 is 27.3 Å². The first-order valence-corrected chi connectivity index (χ1v) is 7.60. The Balaban J connectivity index is 2.60. The molecule has 1 rings (SSSR count). The summed E-state index contributed by atoms with van der Waals surface area (Å²) in [6.07, 6.45) is 0.776. The van der Waals surface area contributed by atoms with E-state index >= 15 is 0 Å². The van der Waals surface area contributed by atoms with Crippen LogP contribution in [-0.2, 0) is 21.4 Å². The lowest BCUT2D eigenvalue weighted by Gasteiger charge is -2.08. The minimum Gasteiger partial charge on any atom is -0.351 e. The van der Waals surface area contributed by atoms with E-state index in [1.807, 2.05) is 13.8 Å². The van der Waals surface area contributed by atoms with Gasteiger partial charge in [-0.25, -0.2) is 13.6 Å². The first kappa shape index (κ1) is 14.1. The van der Waals surface area contributed by atoms with E-state index in [0.29, 0.717) is 6.54 Å². The van der Waals surface area contributed by atoms with Crippen LogP contribution in [0.1, 0.15) is 25.1 Å². The Kier molecular flexibility index (Phi) is 4.67. The molecule has 0 radical (unpaired) electrons. The molecule has 0 saturated carbocycles. The summed E-state index contributed by atoms with van der Waals surface area (Å²) in [4.78, 5) is 12.3. The zero-order chi connectivity index (χ0) is 13.1. The predicted molar refractivity (Wildman–Crippen MR) is 67.0 cm³/mol. The molecular formula is C10H16N2O3S2. The molecular weight excluding hydrogens is 260 g/mol. The fraction of sp³-hybridized carbons (Fsp3) is 0.500. The van der Waals surface area contributed by atoms with Gasteiger partial charge in [0.15, 0.2) is 0 Å². The first-order chi connectivity index (χ1) is 7.84. The van der Waals surface area contributed by atoms with Crippen LogP contribution in [0.5, 0.6) is 0 Å². The van der Waals surface area contributed by atoms with E-state index in [4.69, 9.17) is 5.14 Å². The van der Waals surface area contributed by atoms with Gasteiger partial charge in [0, 0.05) is 10.8 Å². The van der Waals surface area contributed by atoms with Crippen LogP contribution < -0.4 is 10.5 Å². The van der Waals surface area contributed by atoms with Gasteiger partial charge in [-0.15, -0.1) is 11.3 Å². The fourth-order valence-corrected chi connectivity index (χ4v) is 2.86. The number of nitrogens with one attached hydrogen (secondary N) is 1. The second kappa shape index (κ2) is 5.61. The zero-order valence-corrected chi connectivity index (χ0v) is 11.4. The number of sulfonamides is 1. The Morgan fingerprint density at radius 1 is 1.53 bits per heavy atom. The molecule has 0 spiro atoms. The third-order valence-corrected chi connectivity index (χ3v) is 4.94. The third kappa shape index (κ3) is 4.10. The molecule has 0 aliphatic rings. The summed E-state index contributed by atoms with van der Waals surface area (Å²) in [6.45, 7) is 4.12. The summed E-state index contributed by atoms with van der Waals surface area (Å²) in [7, 11) is -3.64. The van der Waals surface area contributed by atoms with E-state index in [9.17, 15) is 13.2 Å². The molecule has 1 aromatic heterocycles. The van der Waals surface area contributed by atoms with Crippen LogP contribution in [0, 0.1) is 5.92 Å². The second-order valence-electron chi connectivity index (χ2n) is 3.79. The van der Waals surface area contributed by atoms with Gasteiger partial charge in [-0.3, -0.25) is 4.79 Å². The van der Waals surface area contributed by atoms with Gasteiger partial charge in [-0.2, -0.15) is 0 Å². The van der Waals surface area contributed by atoms with E-state index in [2.05, 4.69) is 5.32 Å². The number of nitrogens with two attached hydrogens (primary N) is 1. The molecule has 96 valence electrons. The van der Waals surface area contributed by atoms with Crippen LogP contribution in [0.15, 0.2) is 16.3 Å². The molecule has 0 fully saturated rings. The molecule has 1 amide bonds. The lowest BCUT2D eigenvalue weighted by Crippen LogP contribution is -2.27. The molecule has 0 aliphatic heterocycles. The van der Waals surface area contributed by atoms with Gasteiger partial charge in [0.2, 0.25) is 15.9 Å². The highest BCUT2D eigenvalue weighted by atomic mass is 32.2. The molecule has 0 aromatic carbocycles. The average molecular weight is 276 g/mol. The number of rotatable bonds is 5. The molecule has 1 unspecified atom stereocenters. The Labute approximate surface area is 105 Å². The number of thiophene rings is 1. The highest BCUT2D eigenvalue weighted by Gasteiger charge is 2.13.